The number of anilines is 1. The molecule has 0 aliphatic heterocycles. The van der Waals surface area contributed by atoms with Crippen LogP contribution < -0.4 is 26.3 Å². The lowest BCUT2D eigenvalue weighted by Gasteiger charge is -2.12. The van der Waals surface area contributed by atoms with Gasteiger partial charge in [0.1, 0.15) is 17.3 Å². The first-order chi connectivity index (χ1) is 20.5. The average molecular weight is 568 g/mol. The molecule has 7 N–H and O–H groups in total. The van der Waals surface area contributed by atoms with Gasteiger partial charge >= 0.3 is 0 Å². The van der Waals surface area contributed by atoms with E-state index >= 15 is 0 Å². The zero-order valence-electron chi connectivity index (χ0n) is 23.5. The van der Waals surface area contributed by atoms with E-state index in [2.05, 4.69) is 35.7 Å². The van der Waals surface area contributed by atoms with Gasteiger partial charge in [-0.25, -0.2) is 4.99 Å². The summed E-state index contributed by atoms with van der Waals surface area (Å²) in [5, 5.41) is 16.8. The summed E-state index contributed by atoms with van der Waals surface area (Å²) < 4.78 is 15.5. The first-order valence-electron chi connectivity index (χ1n) is 12.9. The molecule has 0 bridgehead atoms. The Balaban J connectivity index is 0.000000216. The van der Waals surface area contributed by atoms with Crippen molar-refractivity contribution in [3.63, 3.8) is 0 Å². The largest absolute Gasteiger partial charge is 0.496 e. The van der Waals surface area contributed by atoms with Crippen LogP contribution in [-0.4, -0.2) is 53.7 Å². The maximum absolute atomic E-state index is 6.05. The minimum Gasteiger partial charge on any atom is -0.496 e. The normalized spacial score (nSPS) is 11.3. The summed E-state index contributed by atoms with van der Waals surface area (Å²) in [6.07, 6.45) is 3.45. The number of methoxy groups -OCH3 is 3. The van der Waals surface area contributed by atoms with Gasteiger partial charge in [0.05, 0.1) is 45.8 Å². The highest BCUT2D eigenvalue weighted by Crippen LogP contribution is 2.30. The molecule has 0 atom stereocenters. The van der Waals surface area contributed by atoms with Gasteiger partial charge in [0.2, 0.25) is 0 Å². The average Bonchev–Trinajstić information content (AvgIpc) is 3.70. The van der Waals surface area contributed by atoms with Crippen LogP contribution in [0, 0.1) is 0 Å². The molecule has 2 heterocycles. The number of aliphatic imine (C=N–C) groups is 2. The fourth-order valence-electron chi connectivity index (χ4n) is 3.98. The number of nitrogens with one attached hydrogen (secondary N) is 3. The Morgan fingerprint density at radius 1 is 0.762 bits per heavy atom. The Hall–Kier alpha value is -5.78. The minimum atomic E-state index is 0.0985. The molecule has 0 fully saturated rings. The Kier molecular flexibility index (Phi) is 10.1. The maximum Gasteiger partial charge on any atom is 0.288 e. The number of hydrogen-bond acceptors (Lipinski definition) is 7. The number of ether oxygens (including phenoxy) is 3. The fraction of sp³-hybridized carbons (Fsp3) is 0.133. The minimum absolute atomic E-state index is 0.0985. The summed E-state index contributed by atoms with van der Waals surface area (Å²) in [6, 6.07) is 25.4. The molecule has 0 radical (unpaired) electrons. The smallest absolute Gasteiger partial charge is 0.288 e. The number of benzene rings is 3. The summed E-state index contributed by atoms with van der Waals surface area (Å²) in [7, 11) is 4.69. The van der Waals surface area contributed by atoms with Crippen molar-refractivity contribution in [1.82, 2.24) is 20.4 Å². The van der Waals surface area contributed by atoms with Crippen LogP contribution in [0.15, 0.2) is 101 Å². The Bertz CT molecular complexity index is 1590. The van der Waals surface area contributed by atoms with Crippen molar-refractivity contribution in [1.29, 1.82) is 0 Å². The molecular weight excluding hydrogens is 534 g/mol. The van der Waals surface area contributed by atoms with E-state index in [4.69, 9.17) is 25.7 Å². The molecule has 0 saturated heterocycles. The molecule has 0 unspecified atom stereocenters. The zero-order valence-corrected chi connectivity index (χ0v) is 23.5. The molecule has 0 aliphatic rings. The van der Waals surface area contributed by atoms with Gasteiger partial charge in [-0.2, -0.15) is 15.2 Å². The Morgan fingerprint density at radius 2 is 1.33 bits per heavy atom. The molecule has 0 amide bonds. The highest BCUT2D eigenvalue weighted by Gasteiger charge is 2.11. The second-order valence-electron chi connectivity index (χ2n) is 8.64. The van der Waals surface area contributed by atoms with Crippen LogP contribution in [-0.2, 0) is 11.3 Å². The van der Waals surface area contributed by atoms with Gasteiger partial charge in [-0.15, -0.1) is 0 Å². The van der Waals surface area contributed by atoms with Crippen molar-refractivity contribution in [2.75, 3.05) is 26.6 Å². The SMILES string of the molecule is COC(N)=Nc1[nH]ncc1-c1ccccc1.COc1cccc(OC)c1CN=C(N)Nc1[nH]ncc1-c1ccccc1. The van der Waals surface area contributed by atoms with E-state index in [1.807, 2.05) is 78.9 Å². The Labute approximate surface area is 243 Å². The third-order valence-electron chi connectivity index (χ3n) is 6.05. The maximum atomic E-state index is 6.05. The van der Waals surface area contributed by atoms with Crippen LogP contribution in [0.2, 0.25) is 0 Å². The topological polar surface area (TPSA) is 174 Å². The van der Waals surface area contributed by atoms with E-state index < -0.39 is 0 Å². The fourth-order valence-corrected chi connectivity index (χ4v) is 3.98. The summed E-state index contributed by atoms with van der Waals surface area (Å²) in [5.41, 5.74) is 16.2. The number of nitrogens with two attached hydrogens (primary N) is 2. The van der Waals surface area contributed by atoms with E-state index in [0.717, 1.165) is 27.8 Å². The van der Waals surface area contributed by atoms with Crippen LogP contribution in [0.1, 0.15) is 5.56 Å². The zero-order chi connectivity index (χ0) is 29.7. The van der Waals surface area contributed by atoms with Crippen molar-refractivity contribution in [3.8, 4) is 33.8 Å². The van der Waals surface area contributed by atoms with Crippen molar-refractivity contribution in [3.05, 3.63) is 96.8 Å². The van der Waals surface area contributed by atoms with Crippen LogP contribution in [0.3, 0.4) is 0 Å². The van der Waals surface area contributed by atoms with Gasteiger partial charge in [0.15, 0.2) is 11.8 Å². The standard InChI is InChI=1S/C19H21N5O2.C11H12N4O/c1-25-16-9-6-10-17(26-2)15(16)11-21-19(20)23-18-14(12-22-24-18)13-7-4-3-5-8-13;1-16-11(12)14-10-9(7-13-15-10)8-5-3-2-4-6-8/h3-10,12H,11H2,1-2H3,(H4,20,21,22,23,24);2-7H,1H3,(H3,12,13,14,15). The number of aromatic nitrogens is 4. The molecular formula is C30H33N9O3. The second kappa shape index (κ2) is 14.6. The highest BCUT2D eigenvalue weighted by molar-refractivity contribution is 5.95. The van der Waals surface area contributed by atoms with Crippen LogP contribution >= 0.6 is 0 Å². The molecule has 5 rings (SSSR count). The number of guanidine groups is 1. The molecule has 3 aromatic carbocycles. The lowest BCUT2D eigenvalue weighted by Crippen LogP contribution is -2.23. The molecule has 0 spiro atoms. The van der Waals surface area contributed by atoms with E-state index in [-0.39, 0.29) is 12.0 Å². The molecule has 0 aliphatic carbocycles. The first kappa shape index (κ1) is 29.2. The third-order valence-corrected chi connectivity index (χ3v) is 6.05. The van der Waals surface area contributed by atoms with Crippen LogP contribution in [0.4, 0.5) is 11.6 Å². The summed E-state index contributed by atoms with van der Waals surface area (Å²) in [4.78, 5) is 8.46. The monoisotopic (exact) mass is 567 g/mol. The van der Waals surface area contributed by atoms with Gasteiger partial charge in [-0.1, -0.05) is 66.7 Å². The van der Waals surface area contributed by atoms with Crippen molar-refractivity contribution < 1.29 is 14.2 Å². The van der Waals surface area contributed by atoms with Crippen LogP contribution in [0.25, 0.3) is 22.3 Å². The van der Waals surface area contributed by atoms with Crippen molar-refractivity contribution in [2.24, 2.45) is 21.5 Å². The molecule has 216 valence electrons. The number of rotatable bonds is 8. The third kappa shape index (κ3) is 7.45. The molecule has 42 heavy (non-hydrogen) atoms. The number of amidine groups is 1. The van der Waals surface area contributed by atoms with E-state index in [1.165, 1.54) is 7.11 Å². The molecule has 2 aromatic heterocycles. The highest BCUT2D eigenvalue weighted by atomic mass is 16.5. The Morgan fingerprint density at radius 3 is 1.93 bits per heavy atom. The van der Waals surface area contributed by atoms with E-state index in [9.17, 15) is 0 Å². The van der Waals surface area contributed by atoms with Crippen molar-refractivity contribution >= 4 is 23.6 Å². The summed E-state index contributed by atoms with van der Waals surface area (Å²) >= 11 is 0. The number of hydrogen-bond donors (Lipinski definition) is 5. The molecule has 5 aromatic rings. The van der Waals surface area contributed by atoms with Gasteiger partial charge in [0.25, 0.3) is 6.02 Å². The van der Waals surface area contributed by atoms with Crippen molar-refractivity contribution in [2.45, 2.75) is 6.54 Å². The summed E-state index contributed by atoms with van der Waals surface area (Å²) in [6.45, 7) is 0.320. The predicted octanol–water partition coefficient (Wildman–Crippen LogP) is 4.69. The number of H-pyrrole nitrogens is 2. The quantitative estimate of drug-likeness (QED) is 0.133. The van der Waals surface area contributed by atoms with E-state index in [1.54, 1.807) is 26.6 Å². The number of nitrogens with zero attached hydrogens (tertiary/aromatic N) is 4. The number of aromatic amines is 2. The molecule has 0 saturated carbocycles. The van der Waals surface area contributed by atoms with Gasteiger partial charge in [-0.05, 0) is 23.3 Å². The predicted molar refractivity (Wildman–Crippen MR) is 165 cm³/mol. The summed E-state index contributed by atoms with van der Waals surface area (Å²) in [5.74, 6) is 2.94. The van der Waals surface area contributed by atoms with E-state index in [0.29, 0.717) is 29.7 Å². The van der Waals surface area contributed by atoms with Gasteiger partial charge in [-0.3, -0.25) is 10.2 Å². The second-order valence-corrected chi connectivity index (χ2v) is 8.64. The molecule has 12 heteroatoms. The lowest BCUT2D eigenvalue weighted by atomic mass is 10.1. The van der Waals surface area contributed by atoms with Gasteiger partial charge in [0, 0.05) is 11.1 Å². The first-order valence-corrected chi connectivity index (χ1v) is 12.9. The van der Waals surface area contributed by atoms with Crippen LogP contribution in [0.5, 0.6) is 11.5 Å². The van der Waals surface area contributed by atoms with Gasteiger partial charge < -0.3 is 31.0 Å². The molecule has 12 nitrogen and oxygen atoms in total. The lowest BCUT2D eigenvalue weighted by molar-refractivity contribution is 0.385.